The molecule has 0 bridgehead atoms. The first-order valence-corrected chi connectivity index (χ1v) is 11.8. The standard InChI is InChI=1S/C28H24F4N4O3/c1-36(2)26-19(13-14-24(35-26)28(30,31)32)18(16-9-11-17(29)12-10-16)5-3-8-25(38)33-21-6-4-7-22-20(21)15-23(37)27(39)34-22/h3-14,23,37H,15H2,1-2H3,(H,33,38)(H,34,39)/b8-3+,18-5+. The van der Waals surface area contributed by atoms with E-state index in [1.165, 1.54) is 53.5 Å². The molecule has 0 saturated heterocycles. The van der Waals surface area contributed by atoms with Gasteiger partial charge < -0.3 is 20.6 Å². The summed E-state index contributed by atoms with van der Waals surface area (Å²) in [6.45, 7) is 0. The van der Waals surface area contributed by atoms with Gasteiger partial charge in [0.15, 0.2) is 0 Å². The number of carbonyl (C=O) groups is 2. The molecule has 1 unspecified atom stereocenters. The SMILES string of the molecule is CN(C)c1nc(C(F)(F)F)ccc1/C(=C/C=C/C(=O)Nc1cccc2c1CC(O)C(=O)N2)c1ccc(F)cc1. The van der Waals surface area contributed by atoms with Crippen molar-refractivity contribution in [2.75, 3.05) is 29.6 Å². The van der Waals surface area contributed by atoms with Crippen molar-refractivity contribution >= 4 is 34.6 Å². The highest BCUT2D eigenvalue weighted by atomic mass is 19.4. The molecule has 1 atom stereocenters. The van der Waals surface area contributed by atoms with E-state index in [9.17, 15) is 32.3 Å². The van der Waals surface area contributed by atoms with Gasteiger partial charge in [-0.1, -0.05) is 30.4 Å². The van der Waals surface area contributed by atoms with E-state index in [0.717, 1.165) is 6.07 Å². The molecule has 3 aromatic rings. The number of nitrogens with one attached hydrogen (secondary N) is 2. The molecule has 2 amide bonds. The smallest absolute Gasteiger partial charge is 0.383 e. The number of aliphatic hydroxyl groups is 1. The lowest BCUT2D eigenvalue weighted by Gasteiger charge is -2.23. The number of pyridine rings is 1. The zero-order valence-electron chi connectivity index (χ0n) is 20.9. The van der Waals surface area contributed by atoms with E-state index in [1.807, 2.05) is 0 Å². The molecule has 0 aliphatic carbocycles. The van der Waals surface area contributed by atoms with E-state index < -0.39 is 35.6 Å². The molecule has 3 N–H and O–H groups in total. The van der Waals surface area contributed by atoms with Gasteiger partial charge in [0.05, 0.1) is 0 Å². The summed E-state index contributed by atoms with van der Waals surface area (Å²) in [6.07, 6.45) is -1.70. The number of hydrogen-bond acceptors (Lipinski definition) is 5. The van der Waals surface area contributed by atoms with Crippen LogP contribution in [0.5, 0.6) is 0 Å². The Morgan fingerprint density at radius 1 is 1.13 bits per heavy atom. The van der Waals surface area contributed by atoms with Crippen LogP contribution in [0.3, 0.4) is 0 Å². The highest BCUT2D eigenvalue weighted by molar-refractivity contribution is 6.03. The van der Waals surface area contributed by atoms with Crippen LogP contribution in [0.25, 0.3) is 5.57 Å². The summed E-state index contributed by atoms with van der Waals surface area (Å²) in [5.74, 6) is -1.50. The Morgan fingerprint density at radius 3 is 2.51 bits per heavy atom. The van der Waals surface area contributed by atoms with Crippen molar-refractivity contribution in [3.05, 3.63) is 101 Å². The predicted molar refractivity (Wildman–Crippen MR) is 140 cm³/mol. The zero-order valence-corrected chi connectivity index (χ0v) is 20.9. The van der Waals surface area contributed by atoms with E-state index in [4.69, 9.17) is 0 Å². The topological polar surface area (TPSA) is 94.6 Å². The minimum atomic E-state index is -4.64. The second-order valence-corrected chi connectivity index (χ2v) is 8.94. The van der Waals surface area contributed by atoms with Crippen LogP contribution in [0.2, 0.25) is 0 Å². The Labute approximate surface area is 221 Å². The van der Waals surface area contributed by atoms with Crippen LogP contribution in [0.4, 0.5) is 34.8 Å². The lowest BCUT2D eigenvalue weighted by atomic mass is 9.97. The highest BCUT2D eigenvalue weighted by Crippen LogP contribution is 2.35. The van der Waals surface area contributed by atoms with Gasteiger partial charge in [0.1, 0.15) is 23.4 Å². The first-order chi connectivity index (χ1) is 18.4. The van der Waals surface area contributed by atoms with Gasteiger partial charge in [0.2, 0.25) is 5.91 Å². The molecule has 2 aromatic carbocycles. The molecule has 4 rings (SSSR count). The van der Waals surface area contributed by atoms with Gasteiger partial charge in [0.25, 0.3) is 5.91 Å². The summed E-state index contributed by atoms with van der Waals surface area (Å²) in [7, 11) is 3.11. The number of aromatic nitrogens is 1. The van der Waals surface area contributed by atoms with E-state index in [2.05, 4.69) is 15.6 Å². The molecule has 202 valence electrons. The highest BCUT2D eigenvalue weighted by Gasteiger charge is 2.33. The molecule has 2 heterocycles. The van der Waals surface area contributed by atoms with Crippen LogP contribution in [0, 0.1) is 5.82 Å². The Morgan fingerprint density at radius 2 is 1.85 bits per heavy atom. The van der Waals surface area contributed by atoms with Crippen molar-refractivity contribution in [1.29, 1.82) is 0 Å². The number of amides is 2. The van der Waals surface area contributed by atoms with Crippen molar-refractivity contribution in [3.63, 3.8) is 0 Å². The summed E-state index contributed by atoms with van der Waals surface area (Å²) in [5, 5.41) is 15.2. The van der Waals surface area contributed by atoms with Crippen LogP contribution in [-0.2, 0) is 22.2 Å². The van der Waals surface area contributed by atoms with Crippen molar-refractivity contribution < 1.29 is 32.3 Å². The molecule has 11 heteroatoms. The summed E-state index contributed by atoms with van der Waals surface area (Å²) in [5.41, 5.74) is 1.64. The average Bonchev–Trinajstić information content (AvgIpc) is 2.87. The van der Waals surface area contributed by atoms with Gasteiger partial charge in [-0.05, 0) is 47.5 Å². The molecule has 0 radical (unpaired) electrons. The van der Waals surface area contributed by atoms with Gasteiger partial charge in [-0.3, -0.25) is 9.59 Å². The molecule has 0 saturated carbocycles. The summed E-state index contributed by atoms with van der Waals surface area (Å²) < 4.78 is 53.6. The zero-order chi connectivity index (χ0) is 28.3. The van der Waals surface area contributed by atoms with E-state index >= 15 is 0 Å². The number of halogens is 4. The van der Waals surface area contributed by atoms with Crippen LogP contribution in [0.15, 0.2) is 72.8 Å². The molecule has 1 aliphatic heterocycles. The number of nitrogens with zero attached hydrogens (tertiary/aromatic N) is 2. The molecule has 1 aliphatic rings. The van der Waals surface area contributed by atoms with Crippen LogP contribution in [-0.4, -0.2) is 42.1 Å². The van der Waals surface area contributed by atoms with Crippen molar-refractivity contribution in [2.24, 2.45) is 0 Å². The van der Waals surface area contributed by atoms with Gasteiger partial charge in [0, 0.05) is 49.1 Å². The molecular formula is C28H24F4N4O3. The van der Waals surface area contributed by atoms with Crippen molar-refractivity contribution in [2.45, 2.75) is 18.7 Å². The predicted octanol–water partition coefficient (Wildman–Crippen LogP) is 4.79. The van der Waals surface area contributed by atoms with Gasteiger partial charge in [-0.15, -0.1) is 0 Å². The largest absolute Gasteiger partial charge is 0.433 e. The molecule has 0 spiro atoms. The third-order valence-corrected chi connectivity index (χ3v) is 5.94. The van der Waals surface area contributed by atoms with E-state index in [1.54, 1.807) is 32.3 Å². The number of carbonyl (C=O) groups excluding carboxylic acids is 2. The Balaban J connectivity index is 1.67. The number of hydrogen-bond donors (Lipinski definition) is 3. The molecule has 0 fully saturated rings. The van der Waals surface area contributed by atoms with Gasteiger partial charge >= 0.3 is 6.18 Å². The Kier molecular flexibility index (Phi) is 7.82. The van der Waals surface area contributed by atoms with Crippen LogP contribution >= 0.6 is 0 Å². The number of rotatable bonds is 6. The first kappa shape index (κ1) is 27.5. The molecule has 39 heavy (non-hydrogen) atoms. The third-order valence-electron chi connectivity index (χ3n) is 5.94. The van der Waals surface area contributed by atoms with E-state index in [-0.39, 0.29) is 12.2 Å². The lowest BCUT2D eigenvalue weighted by Crippen LogP contribution is -2.34. The average molecular weight is 541 g/mol. The maximum atomic E-state index is 13.6. The maximum Gasteiger partial charge on any atom is 0.433 e. The normalized spacial score (nSPS) is 15.6. The number of benzene rings is 2. The Bertz CT molecular complexity index is 1460. The Hall–Kier alpha value is -4.51. The minimum Gasteiger partial charge on any atom is -0.383 e. The summed E-state index contributed by atoms with van der Waals surface area (Å²) in [4.78, 5) is 29.7. The number of anilines is 3. The number of fused-ring (bicyclic) bond motifs is 1. The summed E-state index contributed by atoms with van der Waals surface area (Å²) in [6, 6.07) is 12.5. The lowest BCUT2D eigenvalue weighted by molar-refractivity contribution is -0.141. The maximum absolute atomic E-state index is 13.6. The summed E-state index contributed by atoms with van der Waals surface area (Å²) >= 11 is 0. The molecule has 1 aromatic heterocycles. The second-order valence-electron chi connectivity index (χ2n) is 8.94. The monoisotopic (exact) mass is 540 g/mol. The first-order valence-electron chi connectivity index (χ1n) is 11.8. The quantitative estimate of drug-likeness (QED) is 0.238. The van der Waals surface area contributed by atoms with Gasteiger partial charge in [-0.25, -0.2) is 9.37 Å². The van der Waals surface area contributed by atoms with Crippen LogP contribution in [0.1, 0.15) is 22.4 Å². The number of allylic oxidation sites excluding steroid dienone is 2. The van der Waals surface area contributed by atoms with Crippen molar-refractivity contribution in [3.8, 4) is 0 Å². The fraction of sp³-hybridized carbons (Fsp3) is 0.179. The van der Waals surface area contributed by atoms with Crippen molar-refractivity contribution in [1.82, 2.24) is 4.98 Å². The van der Waals surface area contributed by atoms with E-state index in [0.29, 0.717) is 33.6 Å². The molecule has 7 nitrogen and oxygen atoms in total. The fourth-order valence-electron chi connectivity index (χ4n) is 4.08. The number of alkyl halides is 3. The minimum absolute atomic E-state index is 0.0319. The number of aliphatic hydroxyl groups excluding tert-OH is 1. The second kappa shape index (κ2) is 11.1. The van der Waals surface area contributed by atoms with Gasteiger partial charge in [-0.2, -0.15) is 13.2 Å². The third kappa shape index (κ3) is 6.32. The molecular weight excluding hydrogens is 516 g/mol. The fourth-order valence-corrected chi connectivity index (χ4v) is 4.08. The van der Waals surface area contributed by atoms with Crippen LogP contribution < -0.4 is 15.5 Å².